The van der Waals surface area contributed by atoms with E-state index in [1.54, 1.807) is 31.2 Å². The quantitative estimate of drug-likeness (QED) is 0.770. The minimum Gasteiger partial charge on any atom is -0.369 e. The normalized spacial score (nSPS) is 11.7. The van der Waals surface area contributed by atoms with Gasteiger partial charge in [-0.3, -0.25) is 14.4 Å². The number of carbonyl (C=O) groups is 3. The fourth-order valence-corrected chi connectivity index (χ4v) is 1.38. The number of nitrogens with two attached hydrogens (primary N) is 1. The van der Waals surface area contributed by atoms with Gasteiger partial charge < -0.3 is 11.1 Å². The molecule has 0 saturated carbocycles. The van der Waals surface area contributed by atoms with Gasteiger partial charge in [0.25, 0.3) is 0 Å². The Morgan fingerprint density at radius 1 is 1.22 bits per heavy atom. The van der Waals surface area contributed by atoms with Crippen LogP contribution in [0.4, 0.5) is 5.69 Å². The Morgan fingerprint density at radius 2 is 1.78 bits per heavy atom. The Labute approximate surface area is 105 Å². The number of carbonyl (C=O) groups excluding carboxylic acids is 3. The summed E-state index contributed by atoms with van der Waals surface area (Å²) in [5.41, 5.74) is 6.24. The highest BCUT2D eigenvalue weighted by atomic mass is 16.2. The molecule has 0 fully saturated rings. The molecule has 0 spiro atoms. The van der Waals surface area contributed by atoms with Crippen molar-refractivity contribution < 1.29 is 14.4 Å². The van der Waals surface area contributed by atoms with Crippen molar-refractivity contribution in [3.05, 3.63) is 29.8 Å². The SMILES string of the molecule is CC(=O)c1ccc(NC(=O)CC(C)C(N)=O)cc1. The topological polar surface area (TPSA) is 89.3 Å². The average molecular weight is 248 g/mol. The average Bonchev–Trinajstić information content (AvgIpc) is 2.29. The molecule has 5 nitrogen and oxygen atoms in total. The van der Waals surface area contributed by atoms with Gasteiger partial charge in [0.1, 0.15) is 0 Å². The lowest BCUT2D eigenvalue weighted by Gasteiger charge is -2.08. The molecule has 18 heavy (non-hydrogen) atoms. The Morgan fingerprint density at radius 3 is 2.22 bits per heavy atom. The number of hydrogen-bond acceptors (Lipinski definition) is 3. The maximum Gasteiger partial charge on any atom is 0.225 e. The Bertz CT molecular complexity index is 466. The fourth-order valence-electron chi connectivity index (χ4n) is 1.38. The second kappa shape index (κ2) is 5.95. The van der Waals surface area contributed by atoms with Crippen LogP contribution in [0.25, 0.3) is 0 Å². The molecule has 0 saturated heterocycles. The summed E-state index contributed by atoms with van der Waals surface area (Å²) in [6.45, 7) is 3.07. The number of benzene rings is 1. The number of rotatable bonds is 5. The molecular weight excluding hydrogens is 232 g/mol. The van der Waals surface area contributed by atoms with Gasteiger partial charge in [-0.15, -0.1) is 0 Å². The van der Waals surface area contributed by atoms with Crippen molar-refractivity contribution in [3.63, 3.8) is 0 Å². The summed E-state index contributed by atoms with van der Waals surface area (Å²) >= 11 is 0. The second-order valence-corrected chi connectivity index (χ2v) is 4.19. The third-order valence-electron chi connectivity index (χ3n) is 2.55. The molecule has 0 aliphatic heterocycles. The van der Waals surface area contributed by atoms with Crippen LogP contribution in [0.3, 0.4) is 0 Å². The van der Waals surface area contributed by atoms with Gasteiger partial charge in [0.05, 0.1) is 0 Å². The molecule has 0 aromatic heterocycles. The second-order valence-electron chi connectivity index (χ2n) is 4.19. The summed E-state index contributed by atoms with van der Waals surface area (Å²) in [7, 11) is 0. The molecule has 1 aromatic rings. The van der Waals surface area contributed by atoms with Crippen molar-refractivity contribution in [2.24, 2.45) is 11.7 Å². The number of amides is 2. The first-order valence-corrected chi connectivity index (χ1v) is 5.60. The highest BCUT2D eigenvalue weighted by molar-refractivity contribution is 5.96. The molecule has 3 N–H and O–H groups in total. The van der Waals surface area contributed by atoms with Crippen molar-refractivity contribution in [2.75, 3.05) is 5.32 Å². The van der Waals surface area contributed by atoms with Crippen molar-refractivity contribution >= 4 is 23.3 Å². The lowest BCUT2D eigenvalue weighted by atomic mass is 10.1. The number of ketones is 1. The van der Waals surface area contributed by atoms with E-state index in [0.717, 1.165) is 0 Å². The van der Waals surface area contributed by atoms with Crippen LogP contribution in [0.1, 0.15) is 30.6 Å². The van der Waals surface area contributed by atoms with Crippen LogP contribution in [0.2, 0.25) is 0 Å². The predicted molar refractivity (Wildman–Crippen MR) is 68.1 cm³/mol. The molecular formula is C13H16N2O3. The van der Waals surface area contributed by atoms with Crippen molar-refractivity contribution in [2.45, 2.75) is 20.3 Å². The third kappa shape index (κ3) is 4.01. The first kappa shape index (κ1) is 13.9. The zero-order chi connectivity index (χ0) is 13.7. The largest absolute Gasteiger partial charge is 0.369 e. The number of anilines is 1. The van der Waals surface area contributed by atoms with Gasteiger partial charge in [0.15, 0.2) is 5.78 Å². The maximum absolute atomic E-state index is 11.6. The molecule has 5 heteroatoms. The number of nitrogens with one attached hydrogen (secondary N) is 1. The van der Waals surface area contributed by atoms with E-state index in [1.165, 1.54) is 6.92 Å². The van der Waals surface area contributed by atoms with Gasteiger partial charge in [-0.05, 0) is 31.2 Å². The summed E-state index contributed by atoms with van der Waals surface area (Å²) in [5, 5.41) is 2.64. The van der Waals surface area contributed by atoms with Crippen molar-refractivity contribution in [3.8, 4) is 0 Å². The summed E-state index contributed by atoms with van der Waals surface area (Å²) in [6.07, 6.45) is 0.0454. The minimum atomic E-state index is -0.503. The highest BCUT2D eigenvalue weighted by Crippen LogP contribution is 2.11. The van der Waals surface area contributed by atoms with E-state index in [2.05, 4.69) is 5.32 Å². The standard InChI is InChI=1S/C13H16N2O3/c1-8(13(14)18)7-12(17)15-11-5-3-10(4-6-11)9(2)16/h3-6,8H,7H2,1-2H3,(H2,14,18)(H,15,17). The van der Waals surface area contributed by atoms with E-state index < -0.39 is 11.8 Å². The summed E-state index contributed by atoms with van der Waals surface area (Å²) in [4.78, 5) is 33.4. The van der Waals surface area contributed by atoms with E-state index in [0.29, 0.717) is 11.3 Å². The molecule has 0 aliphatic carbocycles. The third-order valence-corrected chi connectivity index (χ3v) is 2.55. The lowest BCUT2D eigenvalue weighted by molar-refractivity contribution is -0.125. The molecule has 1 rings (SSSR count). The smallest absolute Gasteiger partial charge is 0.225 e. The van der Waals surface area contributed by atoms with Gasteiger partial charge in [0.2, 0.25) is 11.8 Å². The molecule has 0 aliphatic rings. The zero-order valence-electron chi connectivity index (χ0n) is 10.4. The van der Waals surface area contributed by atoms with E-state index in [1.807, 2.05) is 0 Å². The molecule has 2 amide bonds. The van der Waals surface area contributed by atoms with Crippen LogP contribution in [-0.4, -0.2) is 17.6 Å². The first-order chi connectivity index (χ1) is 8.40. The maximum atomic E-state index is 11.6. The summed E-state index contributed by atoms with van der Waals surface area (Å²) < 4.78 is 0. The predicted octanol–water partition coefficient (Wildman–Crippen LogP) is 1.34. The van der Waals surface area contributed by atoms with Crippen LogP contribution in [0, 0.1) is 5.92 Å². The molecule has 96 valence electrons. The lowest BCUT2D eigenvalue weighted by Crippen LogP contribution is -2.25. The van der Waals surface area contributed by atoms with Gasteiger partial charge in [-0.2, -0.15) is 0 Å². The molecule has 0 radical (unpaired) electrons. The molecule has 0 bridgehead atoms. The molecule has 1 unspecified atom stereocenters. The molecule has 1 aromatic carbocycles. The van der Waals surface area contributed by atoms with Crippen molar-refractivity contribution in [1.82, 2.24) is 0 Å². The van der Waals surface area contributed by atoms with Gasteiger partial charge in [0, 0.05) is 23.6 Å². The minimum absolute atomic E-state index is 0.0322. The molecule has 1 atom stereocenters. The van der Waals surface area contributed by atoms with Crippen LogP contribution in [-0.2, 0) is 9.59 Å². The summed E-state index contributed by atoms with van der Waals surface area (Å²) in [6, 6.07) is 6.55. The van der Waals surface area contributed by atoms with Gasteiger partial charge >= 0.3 is 0 Å². The number of primary amides is 1. The van der Waals surface area contributed by atoms with Crippen LogP contribution in [0.5, 0.6) is 0 Å². The fraction of sp³-hybridized carbons (Fsp3) is 0.308. The van der Waals surface area contributed by atoms with Crippen LogP contribution in [0.15, 0.2) is 24.3 Å². The van der Waals surface area contributed by atoms with Gasteiger partial charge in [-0.25, -0.2) is 0 Å². The van der Waals surface area contributed by atoms with Crippen LogP contribution >= 0.6 is 0 Å². The zero-order valence-corrected chi connectivity index (χ0v) is 10.4. The Balaban J connectivity index is 2.60. The number of Topliss-reactive ketones (excluding diaryl/α,β-unsaturated/α-hetero) is 1. The Hall–Kier alpha value is -2.17. The summed E-state index contributed by atoms with van der Waals surface area (Å²) in [5.74, 6) is -1.31. The highest BCUT2D eigenvalue weighted by Gasteiger charge is 2.13. The van der Waals surface area contributed by atoms with Gasteiger partial charge in [-0.1, -0.05) is 6.92 Å². The van der Waals surface area contributed by atoms with Crippen LogP contribution < -0.4 is 11.1 Å². The van der Waals surface area contributed by atoms with E-state index in [-0.39, 0.29) is 18.1 Å². The first-order valence-electron chi connectivity index (χ1n) is 5.60. The Kier molecular flexibility index (Phi) is 4.59. The van der Waals surface area contributed by atoms with Crippen molar-refractivity contribution in [1.29, 1.82) is 0 Å². The van der Waals surface area contributed by atoms with E-state index >= 15 is 0 Å². The number of hydrogen-bond donors (Lipinski definition) is 2. The molecule has 0 heterocycles. The van der Waals surface area contributed by atoms with E-state index in [9.17, 15) is 14.4 Å². The monoisotopic (exact) mass is 248 g/mol. The van der Waals surface area contributed by atoms with E-state index in [4.69, 9.17) is 5.73 Å².